The Bertz CT molecular complexity index is 904. The fraction of sp³-hybridized carbons (Fsp3) is 0.188. The lowest BCUT2D eigenvalue weighted by molar-refractivity contribution is -0.116. The molecule has 0 aliphatic heterocycles. The average molecular weight is 349 g/mol. The van der Waals surface area contributed by atoms with E-state index in [-0.39, 0.29) is 12.5 Å². The third kappa shape index (κ3) is 3.30. The number of nitrogens with one attached hydrogen (secondary N) is 1. The second kappa shape index (κ2) is 6.18. The lowest BCUT2D eigenvalue weighted by Gasteiger charge is -2.08. The molecule has 7 heteroatoms. The number of aryl methyl sites for hydroxylation is 2. The number of rotatable bonds is 3. The Morgan fingerprint density at radius 1 is 1.17 bits per heavy atom. The van der Waals surface area contributed by atoms with Crippen molar-refractivity contribution < 1.29 is 4.79 Å². The van der Waals surface area contributed by atoms with Gasteiger partial charge in [-0.1, -0.05) is 28.4 Å². The van der Waals surface area contributed by atoms with Crippen LogP contribution in [0.3, 0.4) is 0 Å². The van der Waals surface area contributed by atoms with Crippen molar-refractivity contribution in [3.63, 3.8) is 0 Å². The first kappa shape index (κ1) is 15.8. The van der Waals surface area contributed by atoms with E-state index in [9.17, 15) is 4.79 Å². The molecule has 0 atom stereocenters. The van der Waals surface area contributed by atoms with E-state index >= 15 is 0 Å². The van der Waals surface area contributed by atoms with E-state index in [1.54, 1.807) is 22.9 Å². The molecular weight excluding hydrogens is 335 g/mol. The molecule has 0 spiro atoms. The highest BCUT2D eigenvalue weighted by Crippen LogP contribution is 2.25. The van der Waals surface area contributed by atoms with Crippen molar-refractivity contribution >= 4 is 45.8 Å². The minimum Gasteiger partial charge on any atom is -0.323 e. The summed E-state index contributed by atoms with van der Waals surface area (Å²) >= 11 is 12.0. The van der Waals surface area contributed by atoms with Crippen LogP contribution in [0.1, 0.15) is 11.1 Å². The van der Waals surface area contributed by atoms with E-state index in [2.05, 4.69) is 15.6 Å². The van der Waals surface area contributed by atoms with E-state index in [4.69, 9.17) is 23.2 Å². The summed E-state index contributed by atoms with van der Waals surface area (Å²) in [6.45, 7) is 4.07. The van der Waals surface area contributed by atoms with Crippen LogP contribution in [0.15, 0.2) is 30.3 Å². The molecule has 2 aromatic carbocycles. The van der Waals surface area contributed by atoms with Gasteiger partial charge in [-0.2, -0.15) is 0 Å². The number of anilines is 1. The minimum absolute atomic E-state index is 0.0435. The fourth-order valence-electron chi connectivity index (χ4n) is 2.26. The first-order valence-corrected chi connectivity index (χ1v) is 7.75. The Morgan fingerprint density at radius 2 is 1.91 bits per heavy atom. The second-order valence-corrected chi connectivity index (χ2v) is 6.19. The Labute approximate surface area is 143 Å². The van der Waals surface area contributed by atoms with E-state index in [0.717, 1.165) is 22.2 Å². The molecule has 0 saturated heterocycles. The van der Waals surface area contributed by atoms with Gasteiger partial charge in [0.2, 0.25) is 5.91 Å². The van der Waals surface area contributed by atoms with Gasteiger partial charge < -0.3 is 5.32 Å². The summed E-state index contributed by atoms with van der Waals surface area (Å²) in [5.41, 5.74) is 4.32. The number of benzene rings is 2. The molecule has 1 N–H and O–H groups in total. The third-order valence-corrected chi connectivity index (χ3v) is 4.19. The normalized spacial score (nSPS) is 11.0. The maximum atomic E-state index is 12.2. The molecule has 1 aromatic heterocycles. The first-order chi connectivity index (χ1) is 10.9. The Hall–Kier alpha value is -2.11. The molecule has 0 saturated carbocycles. The van der Waals surface area contributed by atoms with Crippen LogP contribution in [0.5, 0.6) is 0 Å². The Balaban J connectivity index is 1.83. The summed E-state index contributed by atoms with van der Waals surface area (Å²) in [6.07, 6.45) is 0. The molecule has 1 amide bonds. The number of carbonyl (C=O) groups excluding carboxylic acids is 1. The summed E-state index contributed by atoms with van der Waals surface area (Å²) in [5.74, 6) is -0.251. The molecule has 5 nitrogen and oxygen atoms in total. The van der Waals surface area contributed by atoms with Gasteiger partial charge in [-0.25, -0.2) is 4.68 Å². The summed E-state index contributed by atoms with van der Waals surface area (Å²) < 4.78 is 1.57. The number of fused-ring (bicyclic) bond motifs is 1. The number of halogens is 2. The van der Waals surface area contributed by atoms with Crippen LogP contribution in [-0.4, -0.2) is 20.9 Å². The number of carbonyl (C=O) groups is 1. The highest BCUT2D eigenvalue weighted by Gasteiger charge is 2.12. The van der Waals surface area contributed by atoms with Gasteiger partial charge in [0.1, 0.15) is 12.1 Å². The van der Waals surface area contributed by atoms with Crippen molar-refractivity contribution in [1.29, 1.82) is 0 Å². The lowest BCUT2D eigenvalue weighted by Crippen LogP contribution is -2.19. The molecule has 0 aliphatic rings. The SMILES string of the molecule is Cc1cc2nnn(CC(=O)Nc3cc(Cl)ccc3Cl)c2cc1C. The predicted molar refractivity (Wildman–Crippen MR) is 92.1 cm³/mol. The van der Waals surface area contributed by atoms with Crippen molar-refractivity contribution in [3.05, 3.63) is 51.5 Å². The van der Waals surface area contributed by atoms with Gasteiger partial charge >= 0.3 is 0 Å². The van der Waals surface area contributed by atoms with Crippen LogP contribution in [0, 0.1) is 13.8 Å². The second-order valence-electron chi connectivity index (χ2n) is 5.34. The summed E-state index contributed by atoms with van der Waals surface area (Å²) in [7, 11) is 0. The molecule has 0 radical (unpaired) electrons. The van der Waals surface area contributed by atoms with Gasteiger partial charge in [-0.05, 0) is 55.3 Å². The van der Waals surface area contributed by atoms with Crippen LogP contribution in [0.4, 0.5) is 5.69 Å². The molecule has 0 unspecified atom stereocenters. The zero-order chi connectivity index (χ0) is 16.6. The van der Waals surface area contributed by atoms with Crippen LogP contribution in [0.2, 0.25) is 10.0 Å². The van der Waals surface area contributed by atoms with Crippen molar-refractivity contribution in [1.82, 2.24) is 15.0 Å². The zero-order valence-electron chi connectivity index (χ0n) is 12.6. The zero-order valence-corrected chi connectivity index (χ0v) is 14.1. The number of aromatic nitrogens is 3. The van der Waals surface area contributed by atoms with Crippen LogP contribution < -0.4 is 5.32 Å². The highest BCUT2D eigenvalue weighted by molar-refractivity contribution is 6.35. The molecule has 0 fully saturated rings. The van der Waals surface area contributed by atoms with E-state index in [1.807, 2.05) is 26.0 Å². The van der Waals surface area contributed by atoms with E-state index in [0.29, 0.717) is 15.7 Å². The van der Waals surface area contributed by atoms with Gasteiger partial charge in [0.25, 0.3) is 0 Å². The molecule has 0 aliphatic carbocycles. The third-order valence-electron chi connectivity index (χ3n) is 3.63. The van der Waals surface area contributed by atoms with Gasteiger partial charge in [-0.15, -0.1) is 5.10 Å². The molecule has 1 heterocycles. The predicted octanol–water partition coefficient (Wildman–Crippen LogP) is 3.99. The fourth-order valence-corrected chi connectivity index (χ4v) is 2.60. The number of amides is 1. The molecule has 3 aromatic rings. The number of nitrogens with zero attached hydrogens (tertiary/aromatic N) is 3. The largest absolute Gasteiger partial charge is 0.323 e. The number of hydrogen-bond acceptors (Lipinski definition) is 3. The van der Waals surface area contributed by atoms with Crippen molar-refractivity contribution in [2.24, 2.45) is 0 Å². The van der Waals surface area contributed by atoms with Gasteiger partial charge in [-0.3, -0.25) is 4.79 Å². The maximum absolute atomic E-state index is 12.2. The van der Waals surface area contributed by atoms with Crippen LogP contribution in [-0.2, 0) is 11.3 Å². The number of hydrogen-bond donors (Lipinski definition) is 1. The van der Waals surface area contributed by atoms with Crippen molar-refractivity contribution in [2.75, 3.05) is 5.32 Å². The smallest absolute Gasteiger partial charge is 0.246 e. The average Bonchev–Trinajstić information content (AvgIpc) is 2.85. The monoisotopic (exact) mass is 348 g/mol. The van der Waals surface area contributed by atoms with Gasteiger partial charge in [0, 0.05) is 5.02 Å². The summed E-state index contributed by atoms with van der Waals surface area (Å²) in [6, 6.07) is 8.84. The highest BCUT2D eigenvalue weighted by atomic mass is 35.5. The Morgan fingerprint density at radius 3 is 2.70 bits per heavy atom. The quantitative estimate of drug-likeness (QED) is 0.778. The minimum atomic E-state index is -0.251. The van der Waals surface area contributed by atoms with Crippen LogP contribution >= 0.6 is 23.2 Å². The summed E-state index contributed by atoms with van der Waals surface area (Å²) in [4.78, 5) is 12.2. The maximum Gasteiger partial charge on any atom is 0.246 e. The molecular formula is C16H14Cl2N4O. The molecule has 118 valence electrons. The van der Waals surface area contributed by atoms with Gasteiger partial charge in [0.15, 0.2) is 0 Å². The first-order valence-electron chi connectivity index (χ1n) is 6.99. The lowest BCUT2D eigenvalue weighted by atomic mass is 10.1. The van der Waals surface area contributed by atoms with Crippen molar-refractivity contribution in [3.8, 4) is 0 Å². The van der Waals surface area contributed by atoms with E-state index in [1.165, 1.54) is 0 Å². The topological polar surface area (TPSA) is 59.8 Å². The molecule has 23 heavy (non-hydrogen) atoms. The van der Waals surface area contributed by atoms with E-state index < -0.39 is 0 Å². The van der Waals surface area contributed by atoms with Crippen molar-refractivity contribution in [2.45, 2.75) is 20.4 Å². The molecule has 3 rings (SSSR count). The molecule has 0 bridgehead atoms. The van der Waals surface area contributed by atoms with Crippen LogP contribution in [0.25, 0.3) is 11.0 Å². The van der Waals surface area contributed by atoms with Gasteiger partial charge in [0.05, 0.1) is 16.2 Å². The summed E-state index contributed by atoms with van der Waals surface area (Å²) in [5, 5.41) is 11.8. The standard InChI is InChI=1S/C16H14Cl2N4O/c1-9-5-14-15(6-10(9)2)22(21-20-14)8-16(23)19-13-7-11(17)3-4-12(13)18/h3-7H,8H2,1-2H3,(H,19,23). The Kier molecular flexibility index (Phi) is 4.24.